The van der Waals surface area contributed by atoms with Gasteiger partial charge < -0.3 is 39.0 Å². The number of hydrogen-bond donors (Lipinski definition) is 2. The van der Waals surface area contributed by atoms with E-state index < -0.39 is 41.4 Å². The van der Waals surface area contributed by atoms with Crippen LogP contribution in [0.2, 0.25) is 0 Å². The molecule has 66 heavy (non-hydrogen) atoms. The van der Waals surface area contributed by atoms with Crippen molar-refractivity contribution in [3.63, 3.8) is 0 Å². The Morgan fingerprint density at radius 1 is 0.970 bits per heavy atom. The summed E-state index contributed by atoms with van der Waals surface area (Å²) in [5, 5.41) is 11.1. The number of thiazole rings is 1. The number of aryl methyl sites for hydroxylation is 3. The number of hydrogen-bond acceptors (Lipinski definition) is 12. The van der Waals surface area contributed by atoms with Crippen molar-refractivity contribution in [3.8, 4) is 16.1 Å². The molecule has 4 atom stereocenters. The third kappa shape index (κ3) is 11.3. The molecule has 7 rings (SSSR count). The van der Waals surface area contributed by atoms with Crippen molar-refractivity contribution in [1.82, 2.24) is 35.2 Å². The number of nitrogens with one attached hydrogen (secondary N) is 2. The van der Waals surface area contributed by atoms with Gasteiger partial charge in [0, 0.05) is 61.3 Å². The monoisotopic (exact) mass is 916 g/mol. The van der Waals surface area contributed by atoms with Crippen LogP contribution in [0.3, 0.4) is 0 Å². The number of benzene rings is 3. The molecule has 0 bridgehead atoms. The van der Waals surface area contributed by atoms with Crippen molar-refractivity contribution in [3.05, 3.63) is 107 Å². The van der Waals surface area contributed by atoms with E-state index >= 15 is 0 Å². The van der Waals surface area contributed by atoms with E-state index in [-0.39, 0.29) is 31.5 Å². The fourth-order valence-electron chi connectivity index (χ4n) is 8.43. The van der Waals surface area contributed by atoms with Gasteiger partial charge in [-0.05, 0) is 105 Å². The molecule has 15 nitrogen and oxygen atoms in total. The Kier molecular flexibility index (Phi) is 15.0. The van der Waals surface area contributed by atoms with Crippen molar-refractivity contribution in [2.75, 3.05) is 31.2 Å². The number of esters is 1. The normalized spacial score (nSPS) is 16.0. The predicted octanol–water partition coefficient (Wildman–Crippen LogP) is 8.33. The minimum absolute atomic E-state index is 0.0231. The SMILES string of the molecule is CC(=O)O[C@@H]1C[C@@H](C(=O)N[C@@H](C)c2ccc(-c3scnc3C)cc2)N(C(=O)[C@@H](NC(=O)COCCCCCN(c2ccc(-n3ccnc3)cc2)c2cc3c(C)noc3cc2C)C(C)(C)C)C1. The van der Waals surface area contributed by atoms with Gasteiger partial charge in [-0.15, -0.1) is 11.3 Å². The van der Waals surface area contributed by atoms with E-state index in [4.69, 9.17) is 14.0 Å². The molecule has 3 aromatic carbocycles. The van der Waals surface area contributed by atoms with Gasteiger partial charge >= 0.3 is 5.97 Å². The number of likely N-dealkylation sites (tertiary alicyclic amines) is 1. The number of carbonyl (C=O) groups excluding carboxylic acids is 4. The minimum Gasteiger partial charge on any atom is -0.461 e. The van der Waals surface area contributed by atoms with E-state index in [9.17, 15) is 19.2 Å². The van der Waals surface area contributed by atoms with Crippen molar-refractivity contribution >= 4 is 57.4 Å². The van der Waals surface area contributed by atoms with Crippen LogP contribution >= 0.6 is 11.3 Å². The number of aromatic nitrogens is 4. The molecule has 348 valence electrons. The number of ether oxygens (including phenoxy) is 2. The number of imidazole rings is 1. The fraction of sp³-hybridized carbons (Fsp3) is 0.420. The van der Waals surface area contributed by atoms with Gasteiger partial charge in [0.2, 0.25) is 17.7 Å². The average molecular weight is 917 g/mol. The first kappa shape index (κ1) is 47.6. The van der Waals surface area contributed by atoms with Crippen LogP contribution in [0.5, 0.6) is 0 Å². The van der Waals surface area contributed by atoms with Gasteiger partial charge in [0.1, 0.15) is 24.8 Å². The number of carbonyl (C=O) groups is 4. The van der Waals surface area contributed by atoms with Crippen LogP contribution in [-0.2, 0) is 28.7 Å². The molecule has 0 radical (unpaired) electrons. The summed E-state index contributed by atoms with van der Waals surface area (Å²) in [7, 11) is 0. The molecular formula is C50H60N8O7S. The second-order valence-corrected chi connectivity index (χ2v) is 19.0. The summed E-state index contributed by atoms with van der Waals surface area (Å²) in [5.41, 5.74) is 9.79. The topological polar surface area (TPSA) is 174 Å². The summed E-state index contributed by atoms with van der Waals surface area (Å²) in [4.78, 5) is 67.1. The lowest BCUT2D eigenvalue weighted by Crippen LogP contribution is -2.58. The Labute approximate surface area is 389 Å². The largest absolute Gasteiger partial charge is 0.461 e. The van der Waals surface area contributed by atoms with Crippen molar-refractivity contribution in [2.45, 2.75) is 105 Å². The smallest absolute Gasteiger partial charge is 0.302 e. The molecular weight excluding hydrogens is 857 g/mol. The Morgan fingerprint density at radius 2 is 1.73 bits per heavy atom. The predicted molar refractivity (Wildman–Crippen MR) is 255 cm³/mol. The molecule has 3 aromatic heterocycles. The summed E-state index contributed by atoms with van der Waals surface area (Å²) < 4.78 is 18.9. The highest BCUT2D eigenvalue weighted by Gasteiger charge is 2.46. The van der Waals surface area contributed by atoms with Gasteiger partial charge in [-0.25, -0.2) is 9.97 Å². The second kappa shape index (κ2) is 20.8. The molecule has 0 saturated carbocycles. The summed E-state index contributed by atoms with van der Waals surface area (Å²) in [6.45, 7) is 15.6. The molecule has 3 amide bonds. The van der Waals surface area contributed by atoms with E-state index in [1.54, 1.807) is 23.9 Å². The second-order valence-electron chi connectivity index (χ2n) is 18.1. The molecule has 1 saturated heterocycles. The average Bonchev–Trinajstić information content (AvgIpc) is 4.12. The molecule has 1 aliphatic rings. The van der Waals surface area contributed by atoms with E-state index in [2.05, 4.69) is 67.9 Å². The van der Waals surface area contributed by atoms with Crippen LogP contribution in [0, 0.1) is 26.2 Å². The summed E-state index contributed by atoms with van der Waals surface area (Å²) in [6.07, 6.45) is 7.33. The zero-order chi connectivity index (χ0) is 47.1. The lowest BCUT2D eigenvalue weighted by molar-refractivity contribution is -0.147. The van der Waals surface area contributed by atoms with E-state index in [0.29, 0.717) is 6.61 Å². The number of fused-ring (bicyclic) bond motifs is 1. The van der Waals surface area contributed by atoms with Gasteiger partial charge in [-0.2, -0.15) is 0 Å². The van der Waals surface area contributed by atoms with Crippen LogP contribution in [0.1, 0.15) is 88.9 Å². The van der Waals surface area contributed by atoms with Crippen LogP contribution in [-0.4, -0.2) is 92.8 Å². The van der Waals surface area contributed by atoms with Gasteiger partial charge in [0.15, 0.2) is 5.58 Å². The summed E-state index contributed by atoms with van der Waals surface area (Å²) in [6, 6.07) is 18.2. The number of unbranched alkanes of at least 4 members (excludes halogenated alkanes) is 2. The maximum Gasteiger partial charge on any atom is 0.302 e. The first-order valence-corrected chi connectivity index (χ1v) is 23.3. The van der Waals surface area contributed by atoms with Crippen molar-refractivity contribution in [1.29, 1.82) is 0 Å². The van der Waals surface area contributed by atoms with Crippen LogP contribution in [0.25, 0.3) is 27.1 Å². The zero-order valence-electron chi connectivity index (χ0n) is 39.0. The summed E-state index contributed by atoms with van der Waals surface area (Å²) in [5.74, 6) is -1.74. The van der Waals surface area contributed by atoms with E-state index in [1.807, 2.05) is 88.1 Å². The standard InChI is InChI=1S/C50H60N8O7S/c1-31-24-44-41(33(3)55-65-44)26-42(31)57(39-18-16-38(17-19-39)56-22-20-51-29-56)21-10-9-11-23-63-28-45(60)54-47(50(6,7)8)49(62)58-27-40(64-35(5)59)25-43(58)48(61)53-32(2)36-12-14-37(15-13-36)46-34(4)52-30-66-46/h12-20,22,24,26,29-30,32,40,43,47H,9-11,21,23,25,27-28H2,1-8H3,(H,53,61)(H,54,60)/t32-,40+,43-,47+/m0/s1. The molecule has 0 spiro atoms. The Hall–Kier alpha value is -6.39. The third-order valence-electron chi connectivity index (χ3n) is 12.0. The Morgan fingerprint density at radius 3 is 2.39 bits per heavy atom. The van der Waals surface area contributed by atoms with Crippen LogP contribution < -0.4 is 15.5 Å². The first-order chi connectivity index (χ1) is 31.6. The molecule has 1 fully saturated rings. The zero-order valence-corrected chi connectivity index (χ0v) is 39.8. The van der Waals surface area contributed by atoms with E-state index in [1.165, 1.54) is 11.8 Å². The van der Waals surface area contributed by atoms with Crippen LogP contribution in [0.15, 0.2) is 89.4 Å². The molecule has 0 aliphatic carbocycles. The quantitative estimate of drug-likeness (QED) is 0.0627. The third-order valence-corrected chi connectivity index (χ3v) is 13.0. The molecule has 0 unspecified atom stereocenters. The summed E-state index contributed by atoms with van der Waals surface area (Å²) >= 11 is 1.57. The van der Waals surface area contributed by atoms with Crippen molar-refractivity contribution < 1.29 is 33.2 Å². The van der Waals surface area contributed by atoms with Gasteiger partial charge in [0.05, 0.1) is 40.7 Å². The number of amides is 3. The fourth-order valence-corrected chi connectivity index (χ4v) is 9.24. The number of anilines is 2. The molecule has 1 aliphatic heterocycles. The highest BCUT2D eigenvalue weighted by Crippen LogP contribution is 2.35. The highest BCUT2D eigenvalue weighted by molar-refractivity contribution is 7.13. The minimum atomic E-state index is -0.982. The Balaban J connectivity index is 0.932. The molecule has 2 N–H and O–H groups in total. The Bertz CT molecular complexity index is 2620. The van der Waals surface area contributed by atoms with Crippen molar-refractivity contribution in [2.24, 2.45) is 5.41 Å². The molecule has 16 heteroatoms. The lowest BCUT2D eigenvalue weighted by Gasteiger charge is -2.35. The lowest BCUT2D eigenvalue weighted by atomic mass is 9.85. The maximum atomic E-state index is 14.4. The van der Waals surface area contributed by atoms with Gasteiger partial charge in [0.25, 0.3) is 0 Å². The maximum absolute atomic E-state index is 14.4. The number of nitrogens with zero attached hydrogens (tertiary/aromatic N) is 6. The highest BCUT2D eigenvalue weighted by atomic mass is 32.1. The number of rotatable bonds is 18. The first-order valence-electron chi connectivity index (χ1n) is 22.5. The molecule has 4 heterocycles. The van der Waals surface area contributed by atoms with E-state index in [0.717, 1.165) is 86.8 Å². The molecule has 6 aromatic rings. The van der Waals surface area contributed by atoms with Gasteiger partial charge in [-0.1, -0.05) is 50.2 Å². The van der Waals surface area contributed by atoms with Gasteiger partial charge in [-0.3, -0.25) is 19.2 Å². The van der Waals surface area contributed by atoms with Crippen LogP contribution in [0.4, 0.5) is 11.4 Å².